The third kappa shape index (κ3) is 2.29. The van der Waals surface area contributed by atoms with Gasteiger partial charge >= 0.3 is 0 Å². The Kier molecular flexibility index (Phi) is 3.02. The lowest BCUT2D eigenvalue weighted by molar-refractivity contribution is 0.138. The van der Waals surface area contributed by atoms with Gasteiger partial charge in [0.1, 0.15) is 17.2 Å². The molecule has 0 atom stereocenters. The molecule has 2 aromatic carbocycles. The van der Waals surface area contributed by atoms with Gasteiger partial charge in [0.05, 0.1) is 0 Å². The highest BCUT2D eigenvalue weighted by molar-refractivity contribution is 5.69. The van der Waals surface area contributed by atoms with Gasteiger partial charge in [-0.25, -0.2) is 4.39 Å². The minimum Gasteiger partial charge on any atom is -0.487 e. The fourth-order valence-corrected chi connectivity index (χ4v) is 2.79. The van der Waals surface area contributed by atoms with Crippen LogP contribution in [0.4, 0.5) is 4.39 Å². The second-order valence-electron chi connectivity index (χ2n) is 5.87. The second-order valence-corrected chi connectivity index (χ2v) is 5.87. The Balaban J connectivity index is 2.05. The van der Waals surface area contributed by atoms with E-state index in [0.29, 0.717) is 6.54 Å². The van der Waals surface area contributed by atoms with E-state index in [4.69, 9.17) is 10.5 Å². The number of nitrogens with two attached hydrogens (primary N) is 1. The van der Waals surface area contributed by atoms with Crippen molar-refractivity contribution < 1.29 is 9.13 Å². The molecule has 2 nitrogen and oxygen atoms in total. The fraction of sp³-hybridized carbons (Fsp3) is 0.294. The van der Waals surface area contributed by atoms with E-state index < -0.39 is 0 Å². The van der Waals surface area contributed by atoms with E-state index in [0.717, 1.165) is 28.9 Å². The summed E-state index contributed by atoms with van der Waals surface area (Å²) in [5.74, 6) is 0.690. The minimum atomic E-state index is -0.250. The molecule has 104 valence electrons. The summed E-state index contributed by atoms with van der Waals surface area (Å²) in [5.41, 5.74) is 9.63. The number of ether oxygens (including phenoxy) is 1. The van der Waals surface area contributed by atoms with Crippen molar-refractivity contribution in [1.82, 2.24) is 0 Å². The molecule has 0 spiro atoms. The number of hydrogen-bond acceptors (Lipinski definition) is 2. The highest BCUT2D eigenvalue weighted by Crippen LogP contribution is 2.37. The van der Waals surface area contributed by atoms with E-state index in [1.54, 1.807) is 6.07 Å². The van der Waals surface area contributed by atoms with Gasteiger partial charge in [-0.05, 0) is 60.4 Å². The summed E-state index contributed by atoms with van der Waals surface area (Å²) < 4.78 is 19.2. The van der Waals surface area contributed by atoms with Crippen LogP contribution in [-0.4, -0.2) is 5.60 Å². The molecule has 0 amide bonds. The molecule has 3 rings (SSSR count). The topological polar surface area (TPSA) is 35.2 Å². The van der Waals surface area contributed by atoms with E-state index in [-0.39, 0.29) is 11.4 Å². The average molecular weight is 271 g/mol. The molecule has 1 heterocycles. The largest absolute Gasteiger partial charge is 0.487 e. The lowest BCUT2D eigenvalue weighted by atomic mass is 9.95. The van der Waals surface area contributed by atoms with E-state index in [1.807, 2.05) is 12.1 Å². The van der Waals surface area contributed by atoms with Gasteiger partial charge in [0.2, 0.25) is 0 Å². The maximum Gasteiger partial charge on any atom is 0.123 e. The van der Waals surface area contributed by atoms with Crippen LogP contribution in [-0.2, 0) is 13.0 Å². The summed E-state index contributed by atoms with van der Waals surface area (Å²) in [5, 5.41) is 0. The first-order chi connectivity index (χ1) is 9.48. The molecule has 0 radical (unpaired) electrons. The first-order valence-electron chi connectivity index (χ1n) is 6.79. The standard InChI is InChI=1S/C17H18FNO/c1-17(2)9-12-7-11(3-6-16(12)20-17)15-5-4-14(18)8-13(15)10-19/h3-8H,9-10,19H2,1-2H3. The van der Waals surface area contributed by atoms with Crippen LogP contribution in [0.25, 0.3) is 11.1 Å². The molecule has 20 heavy (non-hydrogen) atoms. The first kappa shape index (κ1) is 13.1. The predicted molar refractivity (Wildman–Crippen MR) is 78.1 cm³/mol. The van der Waals surface area contributed by atoms with Crippen LogP contribution in [0, 0.1) is 5.82 Å². The molecule has 2 aromatic rings. The van der Waals surface area contributed by atoms with Crippen molar-refractivity contribution >= 4 is 0 Å². The molecule has 0 saturated carbocycles. The smallest absolute Gasteiger partial charge is 0.123 e. The Morgan fingerprint density at radius 3 is 2.75 bits per heavy atom. The monoisotopic (exact) mass is 271 g/mol. The minimum absolute atomic E-state index is 0.152. The molecule has 1 aliphatic rings. The zero-order valence-corrected chi connectivity index (χ0v) is 11.7. The Bertz CT molecular complexity index is 664. The summed E-state index contributed by atoms with van der Waals surface area (Å²) in [7, 11) is 0. The molecule has 3 heteroatoms. The van der Waals surface area contributed by atoms with E-state index >= 15 is 0 Å². The highest BCUT2D eigenvalue weighted by Gasteiger charge is 2.30. The lowest BCUT2D eigenvalue weighted by Crippen LogP contribution is -2.24. The lowest BCUT2D eigenvalue weighted by Gasteiger charge is -2.16. The van der Waals surface area contributed by atoms with Crippen LogP contribution < -0.4 is 10.5 Å². The van der Waals surface area contributed by atoms with Gasteiger partial charge in [0.25, 0.3) is 0 Å². The number of hydrogen-bond donors (Lipinski definition) is 1. The molecular weight excluding hydrogens is 253 g/mol. The van der Waals surface area contributed by atoms with Crippen molar-refractivity contribution in [2.45, 2.75) is 32.4 Å². The summed E-state index contributed by atoms with van der Waals surface area (Å²) in [4.78, 5) is 0. The van der Waals surface area contributed by atoms with Crippen molar-refractivity contribution in [3.63, 3.8) is 0 Å². The maximum absolute atomic E-state index is 13.3. The van der Waals surface area contributed by atoms with Crippen molar-refractivity contribution in [3.8, 4) is 16.9 Å². The van der Waals surface area contributed by atoms with Crippen molar-refractivity contribution in [2.24, 2.45) is 5.73 Å². The van der Waals surface area contributed by atoms with Crippen LogP contribution in [0.2, 0.25) is 0 Å². The molecule has 0 fully saturated rings. The van der Waals surface area contributed by atoms with E-state index in [9.17, 15) is 4.39 Å². The van der Waals surface area contributed by atoms with Gasteiger partial charge in [0, 0.05) is 13.0 Å². The third-order valence-corrected chi connectivity index (χ3v) is 3.66. The summed E-state index contributed by atoms with van der Waals surface area (Å²) in [6.07, 6.45) is 0.884. The molecule has 0 unspecified atom stereocenters. The Morgan fingerprint density at radius 1 is 1.20 bits per heavy atom. The average Bonchev–Trinajstić information content (AvgIpc) is 2.71. The Morgan fingerprint density at radius 2 is 2.00 bits per heavy atom. The summed E-state index contributed by atoms with van der Waals surface area (Å²) in [6.45, 7) is 4.48. The first-order valence-corrected chi connectivity index (χ1v) is 6.79. The Hall–Kier alpha value is -1.87. The molecule has 2 N–H and O–H groups in total. The third-order valence-electron chi connectivity index (χ3n) is 3.66. The van der Waals surface area contributed by atoms with Crippen molar-refractivity contribution in [3.05, 3.63) is 53.3 Å². The molecule has 0 bridgehead atoms. The molecule has 0 saturated heterocycles. The predicted octanol–water partition coefficient (Wildman–Crippen LogP) is 3.66. The molecule has 1 aliphatic heterocycles. The van der Waals surface area contributed by atoms with Crippen molar-refractivity contribution in [2.75, 3.05) is 0 Å². The molecule has 0 aliphatic carbocycles. The number of rotatable bonds is 2. The summed E-state index contributed by atoms with van der Waals surface area (Å²) in [6, 6.07) is 10.9. The van der Waals surface area contributed by atoms with Crippen LogP contribution in [0.15, 0.2) is 36.4 Å². The zero-order chi connectivity index (χ0) is 14.3. The maximum atomic E-state index is 13.3. The fourth-order valence-electron chi connectivity index (χ4n) is 2.79. The molecule has 0 aromatic heterocycles. The van der Waals surface area contributed by atoms with Gasteiger partial charge in [-0.15, -0.1) is 0 Å². The zero-order valence-electron chi connectivity index (χ0n) is 11.7. The van der Waals surface area contributed by atoms with Gasteiger partial charge in [-0.2, -0.15) is 0 Å². The number of benzene rings is 2. The number of halogens is 1. The van der Waals surface area contributed by atoms with Gasteiger partial charge in [-0.3, -0.25) is 0 Å². The van der Waals surface area contributed by atoms with Crippen LogP contribution in [0.3, 0.4) is 0 Å². The Labute approximate surface area is 118 Å². The normalized spacial score (nSPS) is 15.8. The van der Waals surface area contributed by atoms with Crippen molar-refractivity contribution in [1.29, 1.82) is 0 Å². The number of fused-ring (bicyclic) bond motifs is 1. The molecular formula is C17H18FNO. The van der Waals surface area contributed by atoms with E-state index in [2.05, 4.69) is 19.9 Å². The highest BCUT2D eigenvalue weighted by atomic mass is 19.1. The van der Waals surface area contributed by atoms with Gasteiger partial charge in [-0.1, -0.05) is 12.1 Å². The second kappa shape index (κ2) is 4.60. The quantitative estimate of drug-likeness (QED) is 0.904. The van der Waals surface area contributed by atoms with E-state index in [1.165, 1.54) is 17.7 Å². The van der Waals surface area contributed by atoms with Crippen LogP contribution in [0.5, 0.6) is 5.75 Å². The van der Waals surface area contributed by atoms with Gasteiger partial charge < -0.3 is 10.5 Å². The van der Waals surface area contributed by atoms with Crippen LogP contribution in [0.1, 0.15) is 25.0 Å². The SMILES string of the molecule is CC1(C)Cc2cc(-c3ccc(F)cc3CN)ccc2O1. The summed E-state index contributed by atoms with van der Waals surface area (Å²) >= 11 is 0. The van der Waals surface area contributed by atoms with Crippen LogP contribution >= 0.6 is 0 Å². The van der Waals surface area contributed by atoms with Gasteiger partial charge in [0.15, 0.2) is 0 Å².